The van der Waals surface area contributed by atoms with Crippen molar-refractivity contribution in [2.45, 2.75) is 32.3 Å². The molecule has 0 spiro atoms. The first-order valence-corrected chi connectivity index (χ1v) is 6.55. The maximum atomic E-state index is 9.12. The fourth-order valence-corrected chi connectivity index (χ4v) is 2.31. The molecule has 18 heavy (non-hydrogen) atoms. The normalized spacial score (nSPS) is 19.6. The zero-order valence-electron chi connectivity index (χ0n) is 10.8. The summed E-state index contributed by atoms with van der Waals surface area (Å²) in [5.41, 5.74) is 1.63. The first kappa shape index (κ1) is 12.8. The summed E-state index contributed by atoms with van der Waals surface area (Å²) in [6.45, 7) is 4.78. The fraction of sp³-hybridized carbons (Fsp3) is 0.571. The van der Waals surface area contributed by atoms with Gasteiger partial charge >= 0.3 is 0 Å². The lowest BCUT2D eigenvalue weighted by molar-refractivity contribution is 0.0440. The van der Waals surface area contributed by atoms with Gasteiger partial charge in [0.2, 0.25) is 0 Å². The van der Waals surface area contributed by atoms with E-state index in [2.05, 4.69) is 22.9 Å². The highest BCUT2D eigenvalue weighted by atomic mass is 16.5. The highest BCUT2D eigenvalue weighted by molar-refractivity contribution is 5.57. The number of rotatable bonds is 4. The molecule has 2 heterocycles. The standard InChI is InChI=1S/C14H19N3O/c1-2-8-18-13-4-3-7-17(11-13)14-10-16-6-5-12(14)9-15/h5-6,10,13H,2-4,7-8,11H2,1H3. The Morgan fingerprint density at radius 2 is 2.50 bits per heavy atom. The molecular weight excluding hydrogens is 226 g/mol. The first-order valence-electron chi connectivity index (χ1n) is 6.55. The summed E-state index contributed by atoms with van der Waals surface area (Å²) in [6.07, 6.45) is 6.99. The molecule has 0 radical (unpaired) electrons. The fourth-order valence-electron chi connectivity index (χ4n) is 2.31. The van der Waals surface area contributed by atoms with Gasteiger partial charge in [0.15, 0.2) is 0 Å². The van der Waals surface area contributed by atoms with Crippen LogP contribution in [-0.2, 0) is 4.74 Å². The van der Waals surface area contributed by atoms with Crippen molar-refractivity contribution in [1.29, 1.82) is 5.26 Å². The smallest absolute Gasteiger partial charge is 0.101 e. The third-order valence-corrected chi connectivity index (χ3v) is 3.20. The Morgan fingerprint density at radius 1 is 1.61 bits per heavy atom. The molecule has 0 aromatic carbocycles. The van der Waals surface area contributed by atoms with Gasteiger partial charge in [0.05, 0.1) is 23.6 Å². The molecule has 0 saturated carbocycles. The van der Waals surface area contributed by atoms with Crippen molar-refractivity contribution in [3.05, 3.63) is 24.0 Å². The minimum atomic E-state index is 0.283. The molecule has 1 aromatic heterocycles. The highest BCUT2D eigenvalue weighted by Crippen LogP contribution is 2.23. The summed E-state index contributed by atoms with van der Waals surface area (Å²) >= 11 is 0. The second-order valence-electron chi connectivity index (χ2n) is 4.59. The van der Waals surface area contributed by atoms with Crippen molar-refractivity contribution in [3.8, 4) is 6.07 Å². The Bertz CT molecular complexity index is 427. The van der Waals surface area contributed by atoms with Crippen molar-refractivity contribution in [3.63, 3.8) is 0 Å². The van der Waals surface area contributed by atoms with Crippen molar-refractivity contribution in [2.75, 3.05) is 24.6 Å². The number of nitriles is 1. The van der Waals surface area contributed by atoms with Crippen molar-refractivity contribution < 1.29 is 4.74 Å². The molecule has 96 valence electrons. The molecule has 0 N–H and O–H groups in total. The van der Waals surface area contributed by atoms with E-state index >= 15 is 0 Å². The molecule has 1 aliphatic heterocycles. The number of anilines is 1. The third-order valence-electron chi connectivity index (χ3n) is 3.20. The van der Waals surface area contributed by atoms with Crippen LogP contribution in [0.3, 0.4) is 0 Å². The van der Waals surface area contributed by atoms with E-state index in [1.54, 1.807) is 18.5 Å². The number of hydrogen-bond donors (Lipinski definition) is 0. The zero-order chi connectivity index (χ0) is 12.8. The average molecular weight is 245 g/mol. The molecule has 1 aromatic rings. The van der Waals surface area contributed by atoms with Crippen LogP contribution in [0.4, 0.5) is 5.69 Å². The minimum Gasteiger partial charge on any atom is -0.376 e. The summed E-state index contributed by atoms with van der Waals surface area (Å²) in [5, 5.41) is 9.12. The van der Waals surface area contributed by atoms with Gasteiger partial charge in [-0.25, -0.2) is 0 Å². The molecule has 4 heteroatoms. The van der Waals surface area contributed by atoms with E-state index in [0.717, 1.165) is 44.6 Å². The van der Waals surface area contributed by atoms with E-state index in [0.29, 0.717) is 5.56 Å². The number of nitrogens with zero attached hydrogens (tertiary/aromatic N) is 3. The van der Waals surface area contributed by atoms with Crippen LogP contribution in [0.5, 0.6) is 0 Å². The molecule has 0 amide bonds. The van der Waals surface area contributed by atoms with Crippen LogP contribution in [-0.4, -0.2) is 30.8 Å². The quantitative estimate of drug-likeness (QED) is 0.817. The van der Waals surface area contributed by atoms with Gasteiger partial charge < -0.3 is 9.64 Å². The van der Waals surface area contributed by atoms with Gasteiger partial charge in [-0.2, -0.15) is 5.26 Å². The molecule has 0 bridgehead atoms. The van der Waals surface area contributed by atoms with Crippen molar-refractivity contribution in [1.82, 2.24) is 4.98 Å². The van der Waals surface area contributed by atoms with Crippen LogP contribution >= 0.6 is 0 Å². The van der Waals surface area contributed by atoms with Gasteiger partial charge in [0.25, 0.3) is 0 Å². The molecule has 4 nitrogen and oxygen atoms in total. The van der Waals surface area contributed by atoms with Crippen LogP contribution in [0, 0.1) is 11.3 Å². The Labute approximate surface area is 108 Å². The van der Waals surface area contributed by atoms with E-state index in [-0.39, 0.29) is 6.10 Å². The molecule has 2 rings (SSSR count). The maximum Gasteiger partial charge on any atom is 0.101 e. The molecule has 1 atom stereocenters. The monoisotopic (exact) mass is 245 g/mol. The van der Waals surface area contributed by atoms with E-state index in [4.69, 9.17) is 10.00 Å². The van der Waals surface area contributed by atoms with Crippen LogP contribution < -0.4 is 4.90 Å². The van der Waals surface area contributed by atoms with E-state index in [1.165, 1.54) is 0 Å². The predicted molar refractivity (Wildman–Crippen MR) is 70.4 cm³/mol. The number of ether oxygens (including phenoxy) is 1. The largest absolute Gasteiger partial charge is 0.376 e. The maximum absolute atomic E-state index is 9.12. The van der Waals surface area contributed by atoms with E-state index < -0.39 is 0 Å². The van der Waals surface area contributed by atoms with Crippen LogP contribution in [0.15, 0.2) is 18.5 Å². The summed E-state index contributed by atoms with van der Waals surface area (Å²) < 4.78 is 5.81. The summed E-state index contributed by atoms with van der Waals surface area (Å²) in [4.78, 5) is 6.34. The number of aromatic nitrogens is 1. The summed E-state index contributed by atoms with van der Waals surface area (Å²) in [5.74, 6) is 0. The Hall–Kier alpha value is -1.60. The Balaban J connectivity index is 2.06. The lowest BCUT2D eigenvalue weighted by Crippen LogP contribution is -2.40. The SMILES string of the molecule is CCCOC1CCCN(c2cnccc2C#N)C1. The Morgan fingerprint density at radius 3 is 3.28 bits per heavy atom. The topological polar surface area (TPSA) is 49.1 Å². The second-order valence-corrected chi connectivity index (χ2v) is 4.59. The lowest BCUT2D eigenvalue weighted by atomic mass is 10.1. The number of piperidine rings is 1. The molecule has 0 aliphatic carbocycles. The third kappa shape index (κ3) is 2.99. The first-order chi connectivity index (χ1) is 8.85. The molecule has 1 saturated heterocycles. The van der Waals surface area contributed by atoms with Crippen LogP contribution in [0.1, 0.15) is 31.7 Å². The van der Waals surface area contributed by atoms with Gasteiger partial charge in [-0.3, -0.25) is 4.98 Å². The van der Waals surface area contributed by atoms with Gasteiger partial charge in [0.1, 0.15) is 6.07 Å². The highest BCUT2D eigenvalue weighted by Gasteiger charge is 2.22. The van der Waals surface area contributed by atoms with E-state index in [9.17, 15) is 0 Å². The molecule has 1 unspecified atom stereocenters. The van der Waals surface area contributed by atoms with Gasteiger partial charge in [-0.15, -0.1) is 0 Å². The van der Waals surface area contributed by atoms with E-state index in [1.807, 2.05) is 0 Å². The average Bonchev–Trinajstić information content (AvgIpc) is 2.45. The number of pyridine rings is 1. The van der Waals surface area contributed by atoms with Gasteiger partial charge in [0, 0.05) is 25.9 Å². The second kappa shape index (κ2) is 6.36. The predicted octanol–water partition coefficient (Wildman–Crippen LogP) is 2.35. The van der Waals surface area contributed by atoms with Gasteiger partial charge in [-0.1, -0.05) is 6.92 Å². The lowest BCUT2D eigenvalue weighted by Gasteiger charge is -2.34. The summed E-state index contributed by atoms with van der Waals surface area (Å²) in [6, 6.07) is 4.00. The minimum absolute atomic E-state index is 0.283. The zero-order valence-corrected chi connectivity index (χ0v) is 10.8. The van der Waals surface area contributed by atoms with Crippen LogP contribution in [0.25, 0.3) is 0 Å². The molecule has 1 fully saturated rings. The van der Waals surface area contributed by atoms with Crippen LogP contribution in [0.2, 0.25) is 0 Å². The summed E-state index contributed by atoms with van der Waals surface area (Å²) in [7, 11) is 0. The van der Waals surface area contributed by atoms with Gasteiger partial charge in [-0.05, 0) is 25.3 Å². The Kier molecular flexibility index (Phi) is 4.54. The van der Waals surface area contributed by atoms with Crippen molar-refractivity contribution >= 4 is 5.69 Å². The molecular formula is C14H19N3O. The van der Waals surface area contributed by atoms with Crippen molar-refractivity contribution in [2.24, 2.45) is 0 Å². The number of hydrogen-bond acceptors (Lipinski definition) is 4. The molecule has 1 aliphatic rings.